The number of hydrogen-bond donors (Lipinski definition) is 0. The van der Waals surface area contributed by atoms with E-state index < -0.39 is 0 Å². The first kappa shape index (κ1) is 33.8. The summed E-state index contributed by atoms with van der Waals surface area (Å²) in [6, 6.07) is 60.8. The van der Waals surface area contributed by atoms with Crippen LogP contribution in [0.3, 0.4) is 0 Å². The van der Waals surface area contributed by atoms with Crippen LogP contribution in [0, 0.1) is 13.8 Å². The molecule has 1 atom stereocenters. The molecule has 0 heteroatoms. The van der Waals surface area contributed by atoms with Crippen molar-refractivity contribution in [3.63, 3.8) is 0 Å². The molecule has 0 bridgehead atoms. The number of rotatable bonds is 2. The van der Waals surface area contributed by atoms with Gasteiger partial charge in [-0.1, -0.05) is 213 Å². The minimum Gasteiger partial charge on any atom is -0.0842 e. The molecular weight excluding hydrogens is 649 g/mol. The summed E-state index contributed by atoms with van der Waals surface area (Å²) in [5.74, 6) is 0. The zero-order chi connectivity index (χ0) is 36.9. The molecule has 0 saturated carbocycles. The number of allylic oxidation sites excluding steroid dienone is 4. The summed E-state index contributed by atoms with van der Waals surface area (Å²) in [4.78, 5) is 0. The second kappa shape index (κ2) is 13.5. The minimum atomic E-state index is -0.189. The van der Waals surface area contributed by atoms with Crippen LogP contribution in [0.1, 0.15) is 76.8 Å². The second-order valence-corrected chi connectivity index (χ2v) is 14.8. The third-order valence-electron chi connectivity index (χ3n) is 12.1. The Morgan fingerprint density at radius 3 is 1.22 bits per heavy atom. The molecule has 1 spiro atoms. The molecule has 7 aromatic rings. The monoisotopic (exact) mass is 694 g/mol. The van der Waals surface area contributed by atoms with E-state index in [0.717, 1.165) is 12.8 Å². The predicted molar refractivity (Wildman–Crippen MR) is 228 cm³/mol. The first-order valence-electron chi connectivity index (χ1n) is 19.7. The molecule has 0 amide bonds. The topological polar surface area (TPSA) is 0 Å². The van der Waals surface area contributed by atoms with Crippen LogP contribution in [0.15, 0.2) is 188 Å². The highest BCUT2D eigenvalue weighted by Crippen LogP contribution is 2.63. The summed E-state index contributed by atoms with van der Waals surface area (Å²) in [6.45, 7) is 8.40. The fourth-order valence-electron chi connectivity index (χ4n) is 10.0. The summed E-state index contributed by atoms with van der Waals surface area (Å²) in [5, 5.41) is 0. The summed E-state index contributed by atoms with van der Waals surface area (Å²) < 4.78 is 0. The third-order valence-corrected chi connectivity index (χ3v) is 12.1. The number of hydrogen-bond acceptors (Lipinski definition) is 0. The van der Waals surface area contributed by atoms with Crippen LogP contribution < -0.4 is 0 Å². The first-order chi connectivity index (χ1) is 26.6. The van der Waals surface area contributed by atoms with Gasteiger partial charge >= 0.3 is 0 Å². The summed E-state index contributed by atoms with van der Waals surface area (Å²) in [7, 11) is 0. The number of aryl methyl sites for hydroxylation is 2. The molecule has 0 fully saturated rings. The Labute approximate surface area is 321 Å². The van der Waals surface area contributed by atoms with E-state index in [2.05, 4.69) is 196 Å². The summed E-state index contributed by atoms with van der Waals surface area (Å²) in [6.07, 6.45) is 9.09. The molecule has 0 radical (unpaired) electrons. The fraction of sp³-hybridized carbons (Fsp3) is 0.148. The van der Waals surface area contributed by atoms with Crippen molar-refractivity contribution in [3.8, 4) is 33.4 Å². The van der Waals surface area contributed by atoms with Gasteiger partial charge in [0.2, 0.25) is 0 Å². The van der Waals surface area contributed by atoms with E-state index in [4.69, 9.17) is 0 Å². The van der Waals surface area contributed by atoms with Crippen LogP contribution in [0.5, 0.6) is 0 Å². The summed E-state index contributed by atoms with van der Waals surface area (Å²) >= 11 is 0. The van der Waals surface area contributed by atoms with Crippen molar-refractivity contribution in [2.45, 2.75) is 51.4 Å². The van der Waals surface area contributed by atoms with E-state index >= 15 is 0 Å². The van der Waals surface area contributed by atoms with Gasteiger partial charge in [0.05, 0.1) is 10.8 Å². The Hall–Kier alpha value is -5.98. The van der Waals surface area contributed by atoms with Gasteiger partial charge in [0, 0.05) is 0 Å². The Bertz CT molecular complexity index is 2530. The smallest absolute Gasteiger partial charge is 0.0725 e. The largest absolute Gasteiger partial charge is 0.0842 e. The minimum absolute atomic E-state index is 0.177. The van der Waals surface area contributed by atoms with E-state index in [-0.39, 0.29) is 10.8 Å². The van der Waals surface area contributed by atoms with Gasteiger partial charge in [-0.2, -0.15) is 0 Å². The number of fused-ring (bicyclic) bond motifs is 13. The van der Waals surface area contributed by atoms with Gasteiger partial charge in [-0.25, -0.2) is 0 Å². The molecule has 262 valence electrons. The molecule has 0 nitrogen and oxygen atoms in total. The SMILES string of the molecule is CC.Cc1ccc2c(c1)C(C1=CC=CCC1)(c1ccccc1)c1ccccc1-2.Cc1ccc2c(c1)C1(c3ccccc3-c3ccccc31)c1ccccc1-2. The van der Waals surface area contributed by atoms with Crippen molar-refractivity contribution in [2.75, 3.05) is 0 Å². The number of benzene rings is 7. The molecule has 0 heterocycles. The zero-order valence-corrected chi connectivity index (χ0v) is 31.7. The van der Waals surface area contributed by atoms with Crippen LogP contribution in [-0.4, -0.2) is 0 Å². The molecular formula is C54H46. The van der Waals surface area contributed by atoms with Crippen molar-refractivity contribution < 1.29 is 0 Å². The van der Waals surface area contributed by atoms with Gasteiger partial charge in [0.25, 0.3) is 0 Å². The second-order valence-electron chi connectivity index (χ2n) is 14.8. The third kappa shape index (κ3) is 4.76. The molecule has 1 unspecified atom stereocenters. The van der Waals surface area contributed by atoms with Crippen LogP contribution in [0.2, 0.25) is 0 Å². The van der Waals surface area contributed by atoms with E-state index in [9.17, 15) is 0 Å². The first-order valence-corrected chi connectivity index (χ1v) is 19.7. The maximum Gasteiger partial charge on any atom is 0.0725 e. The molecule has 7 aromatic carbocycles. The zero-order valence-electron chi connectivity index (χ0n) is 31.7. The highest BCUT2D eigenvalue weighted by atomic mass is 14.5. The van der Waals surface area contributed by atoms with Gasteiger partial charge in [-0.3, -0.25) is 0 Å². The molecule has 0 N–H and O–H groups in total. The van der Waals surface area contributed by atoms with Crippen LogP contribution in [-0.2, 0) is 10.8 Å². The average Bonchev–Trinajstić information content (AvgIpc) is 3.82. The standard InChI is InChI=1S/C26H18.C26H22.C2H6/c1-17-14-15-21-20-10-4-7-13-24(20)26(25(21)16-17)22-11-5-2-8-18(22)19-9-3-6-12-23(19)26;1-19-16-17-23-22-14-8-9-15-24(22)26(25(23)18-19,20-10-4-2-5-11-20)21-12-6-3-7-13-21;1-2/h2-16H,1H3;2-6,8-12,14-18H,7,13H2,1H3;1-2H3. The van der Waals surface area contributed by atoms with E-state index in [1.807, 2.05) is 13.8 Å². The van der Waals surface area contributed by atoms with Gasteiger partial charge in [-0.15, -0.1) is 0 Å². The van der Waals surface area contributed by atoms with Crippen molar-refractivity contribution in [1.29, 1.82) is 0 Å². The summed E-state index contributed by atoms with van der Waals surface area (Å²) in [5.41, 5.74) is 21.9. The lowest BCUT2D eigenvalue weighted by atomic mass is 9.65. The molecule has 0 aromatic heterocycles. The lowest BCUT2D eigenvalue weighted by Crippen LogP contribution is -2.30. The molecule has 11 rings (SSSR count). The quantitative estimate of drug-likeness (QED) is 0.169. The van der Waals surface area contributed by atoms with E-state index in [0.29, 0.717) is 0 Å². The average molecular weight is 695 g/mol. The Morgan fingerprint density at radius 2 is 0.778 bits per heavy atom. The lowest BCUT2D eigenvalue weighted by Gasteiger charge is -2.36. The van der Waals surface area contributed by atoms with Gasteiger partial charge in [0.15, 0.2) is 0 Å². The predicted octanol–water partition coefficient (Wildman–Crippen LogP) is 14.0. The Kier molecular flexibility index (Phi) is 8.43. The molecule has 0 saturated heterocycles. The molecule has 4 aliphatic carbocycles. The Balaban J connectivity index is 0.000000136. The van der Waals surface area contributed by atoms with Gasteiger partial charge < -0.3 is 0 Å². The molecule has 4 aliphatic rings. The van der Waals surface area contributed by atoms with Crippen molar-refractivity contribution in [3.05, 3.63) is 238 Å². The van der Waals surface area contributed by atoms with Gasteiger partial charge in [0.1, 0.15) is 0 Å². The van der Waals surface area contributed by atoms with Crippen molar-refractivity contribution in [2.24, 2.45) is 0 Å². The van der Waals surface area contributed by atoms with Crippen LogP contribution in [0.25, 0.3) is 33.4 Å². The van der Waals surface area contributed by atoms with Crippen LogP contribution >= 0.6 is 0 Å². The normalized spacial score (nSPS) is 17.0. The van der Waals surface area contributed by atoms with Gasteiger partial charge in [-0.05, 0) is 99.0 Å². The lowest BCUT2D eigenvalue weighted by molar-refractivity contribution is 0.692. The molecule has 0 aliphatic heterocycles. The van der Waals surface area contributed by atoms with E-state index in [1.165, 1.54) is 89.0 Å². The van der Waals surface area contributed by atoms with Crippen LogP contribution in [0.4, 0.5) is 0 Å². The van der Waals surface area contributed by atoms with Crippen molar-refractivity contribution in [1.82, 2.24) is 0 Å². The molecule has 54 heavy (non-hydrogen) atoms. The Morgan fingerprint density at radius 1 is 0.389 bits per heavy atom. The maximum absolute atomic E-state index is 2.40. The fourth-order valence-corrected chi connectivity index (χ4v) is 10.0. The highest BCUT2D eigenvalue weighted by molar-refractivity contribution is 5.95. The highest BCUT2D eigenvalue weighted by Gasteiger charge is 2.51. The van der Waals surface area contributed by atoms with Crippen molar-refractivity contribution >= 4 is 0 Å². The maximum atomic E-state index is 2.40. The van der Waals surface area contributed by atoms with E-state index in [1.54, 1.807) is 0 Å².